The second-order valence-corrected chi connectivity index (χ2v) is 12.2. The Kier molecular flexibility index (Phi) is 11.0. The molecule has 0 radical (unpaired) electrons. The maximum absolute atomic E-state index is 11.6. The van der Waals surface area contributed by atoms with Gasteiger partial charge in [-0.3, -0.25) is 39.4 Å². The van der Waals surface area contributed by atoms with Gasteiger partial charge in [-0.25, -0.2) is 16.8 Å². The molecule has 0 amide bonds. The molecule has 2 heterocycles. The van der Waals surface area contributed by atoms with Crippen molar-refractivity contribution in [2.75, 3.05) is 0 Å². The van der Waals surface area contributed by atoms with E-state index in [0.717, 1.165) is 24.3 Å². The average Bonchev–Trinajstić information content (AvgIpc) is 2.96. The van der Waals surface area contributed by atoms with Gasteiger partial charge in [-0.15, -0.1) is 0 Å². The normalized spacial score (nSPS) is 11.4. The molecule has 0 saturated carbocycles. The van der Waals surface area contributed by atoms with Gasteiger partial charge in [0, 0.05) is 22.9 Å². The molecular weight excluding hydrogens is 702 g/mol. The van der Waals surface area contributed by atoms with Gasteiger partial charge >= 0.3 is 81.4 Å². The van der Waals surface area contributed by atoms with Crippen molar-refractivity contribution in [3.63, 3.8) is 0 Å². The number of sulfonamides is 2. The van der Waals surface area contributed by atoms with Crippen molar-refractivity contribution in [2.24, 2.45) is 0 Å². The van der Waals surface area contributed by atoms with Crippen molar-refractivity contribution >= 4 is 75.0 Å². The molecule has 24 heteroatoms. The first-order valence-electron chi connectivity index (χ1n) is 12.1. The maximum atomic E-state index is 11.6. The fourth-order valence-corrected chi connectivity index (χ4v) is 6.24. The van der Waals surface area contributed by atoms with Crippen LogP contribution >= 0.6 is 0 Å². The van der Waals surface area contributed by atoms with E-state index in [0.29, 0.717) is 0 Å². The Balaban J connectivity index is 0.000000250. The molecule has 48 heavy (non-hydrogen) atoms. The molecule has 20 nitrogen and oxygen atoms in total. The average molecular weight is 717 g/mol. The van der Waals surface area contributed by atoms with Crippen LogP contribution in [0.3, 0.4) is 0 Å². The van der Waals surface area contributed by atoms with Crippen LogP contribution in [0.1, 0.15) is 0 Å². The van der Waals surface area contributed by atoms with Crippen LogP contribution in [-0.4, -0.2) is 46.6 Å². The molecule has 0 unspecified atom stereocenters. The maximum Gasteiger partial charge on any atom is 1.00 e. The first-order valence-corrected chi connectivity index (χ1v) is 15.1. The minimum atomic E-state index is -4.49. The summed E-state index contributed by atoms with van der Waals surface area (Å²) in [7, 11) is -8.98. The zero-order chi connectivity index (χ0) is 33.9. The summed E-state index contributed by atoms with van der Waals surface area (Å²) < 4.78 is 46.4. The summed E-state index contributed by atoms with van der Waals surface area (Å²) in [6.45, 7) is 0. The fourth-order valence-electron chi connectivity index (χ4n) is 4.76. The van der Waals surface area contributed by atoms with E-state index in [-0.39, 0.29) is 103 Å². The van der Waals surface area contributed by atoms with Gasteiger partial charge in [0.1, 0.15) is 0 Å². The summed E-state index contributed by atoms with van der Waals surface area (Å²) in [6, 6.07) is 9.31. The number of aromatic amines is 4. The Morgan fingerprint density at radius 2 is 0.875 bits per heavy atom. The standard InChI is InChI=1S/2C12H8N4O6S.2Na/c2*13-23(21,22)8-3-1-2-5-9(8)7(16(19)20)4-6-10(5)15-12(18)11(17)14-6;;/h2*1-4H,(H4,13,14,15,17,18,21,22);;/q;;2*+1/p-2. The van der Waals surface area contributed by atoms with Gasteiger partial charge in [-0.05, 0) is 12.1 Å². The third-order valence-corrected chi connectivity index (χ3v) is 8.40. The number of H-pyrrole nitrogens is 4. The van der Waals surface area contributed by atoms with E-state index in [2.05, 4.69) is 19.9 Å². The van der Waals surface area contributed by atoms with Crippen LogP contribution in [0.5, 0.6) is 0 Å². The van der Waals surface area contributed by atoms with Crippen molar-refractivity contribution in [1.82, 2.24) is 19.9 Å². The van der Waals surface area contributed by atoms with Crippen LogP contribution in [0.4, 0.5) is 11.4 Å². The van der Waals surface area contributed by atoms with E-state index in [9.17, 15) is 56.2 Å². The molecule has 4 aromatic carbocycles. The van der Waals surface area contributed by atoms with Gasteiger partial charge in [-0.1, -0.05) is 24.3 Å². The quantitative estimate of drug-likeness (QED) is 0.0447. The van der Waals surface area contributed by atoms with E-state index < -0.39 is 73.3 Å². The van der Waals surface area contributed by atoms with Crippen molar-refractivity contribution in [3.05, 3.63) is 120 Å². The van der Waals surface area contributed by atoms with Crippen LogP contribution in [-0.2, 0) is 20.0 Å². The summed E-state index contributed by atoms with van der Waals surface area (Å²) in [6.07, 6.45) is 0. The van der Waals surface area contributed by atoms with E-state index in [1.165, 1.54) is 24.3 Å². The van der Waals surface area contributed by atoms with Crippen molar-refractivity contribution in [3.8, 4) is 0 Å². The Bertz CT molecular complexity index is 2620. The van der Waals surface area contributed by atoms with Gasteiger partial charge in [-0.2, -0.15) is 0 Å². The molecule has 0 aliphatic carbocycles. The molecule has 6 N–H and O–H groups in total. The Morgan fingerprint density at radius 1 is 0.562 bits per heavy atom. The zero-order valence-electron chi connectivity index (χ0n) is 24.2. The summed E-state index contributed by atoms with van der Waals surface area (Å²) in [5.41, 5.74) is -5.09. The number of nitrogens with one attached hydrogen (secondary N) is 6. The Morgan fingerprint density at radius 3 is 1.17 bits per heavy atom. The molecule has 0 aliphatic heterocycles. The number of rotatable bonds is 4. The largest absolute Gasteiger partial charge is 1.00 e. The molecule has 6 rings (SSSR count). The molecule has 0 saturated heterocycles. The van der Waals surface area contributed by atoms with E-state index in [4.69, 9.17) is 10.3 Å². The molecule has 0 aliphatic rings. The summed E-state index contributed by atoms with van der Waals surface area (Å²) in [5, 5.41) is 36.4. The summed E-state index contributed by atoms with van der Waals surface area (Å²) in [4.78, 5) is 74.5. The third-order valence-electron chi connectivity index (χ3n) is 6.56. The molecule has 0 atom stereocenters. The molecular formula is C24H14N8Na2O12S2. The van der Waals surface area contributed by atoms with E-state index in [1.807, 2.05) is 0 Å². The third kappa shape index (κ3) is 7.02. The smallest absolute Gasteiger partial charge is 0.560 e. The molecule has 6 aromatic rings. The molecule has 0 bridgehead atoms. The van der Waals surface area contributed by atoms with Crippen LogP contribution in [0.2, 0.25) is 0 Å². The van der Waals surface area contributed by atoms with Gasteiger partial charge in [0.15, 0.2) is 0 Å². The van der Waals surface area contributed by atoms with Gasteiger partial charge < -0.3 is 30.2 Å². The summed E-state index contributed by atoms with van der Waals surface area (Å²) >= 11 is 0. The van der Waals surface area contributed by atoms with Gasteiger partial charge in [0.2, 0.25) is 0 Å². The first-order chi connectivity index (χ1) is 21.4. The number of nitrogens with zero attached hydrogens (tertiary/aromatic N) is 2. The van der Waals surface area contributed by atoms with E-state index in [1.54, 1.807) is 0 Å². The zero-order valence-corrected chi connectivity index (χ0v) is 29.9. The topological polar surface area (TPSA) is 334 Å². The fraction of sp³-hybridized carbons (Fsp3) is 0. The van der Waals surface area contributed by atoms with Crippen molar-refractivity contribution in [1.29, 1.82) is 0 Å². The predicted molar refractivity (Wildman–Crippen MR) is 162 cm³/mol. The Labute approximate surface area is 308 Å². The molecule has 0 spiro atoms. The predicted octanol–water partition coefficient (Wildman–Crippen LogP) is -3.95. The van der Waals surface area contributed by atoms with Crippen molar-refractivity contribution < 1.29 is 85.8 Å². The number of hydrogen-bond acceptors (Lipinski definition) is 12. The number of benzene rings is 4. The minimum Gasteiger partial charge on any atom is -0.560 e. The van der Waals surface area contributed by atoms with Crippen LogP contribution in [0.15, 0.2) is 77.5 Å². The SMILES string of the molecule is [NH-]S(=O)(=O)c1cccc2c1c([N+](=O)[O-])cc1[nH]c(=O)c(=O)[nH]c12.[NH-]S(=O)(=O)c1cccc2c1c([N+](=O)[O-])cc1[nH]c(=O)c(=O)[nH]c12.[Na+].[Na+]. The first kappa shape index (κ1) is 38.3. The van der Waals surface area contributed by atoms with Crippen LogP contribution in [0, 0.1) is 20.2 Å². The number of fused-ring (bicyclic) bond motifs is 6. The molecule has 236 valence electrons. The number of non-ortho nitro benzene ring substituents is 2. The van der Waals surface area contributed by atoms with Crippen molar-refractivity contribution in [2.45, 2.75) is 9.79 Å². The number of nitro benzene ring substituents is 2. The summed E-state index contributed by atoms with van der Waals surface area (Å²) in [5.74, 6) is 0. The second kappa shape index (κ2) is 13.8. The second-order valence-electron chi connectivity index (χ2n) is 9.33. The number of nitro groups is 2. The number of aromatic nitrogens is 4. The molecule has 2 aromatic heterocycles. The molecule has 0 fully saturated rings. The Hall–Kier alpha value is -4.10. The number of hydrogen-bond donors (Lipinski definition) is 4. The van der Waals surface area contributed by atoms with Gasteiger partial charge in [0.25, 0.3) is 11.4 Å². The van der Waals surface area contributed by atoms with Crippen LogP contribution in [0.25, 0.3) is 53.9 Å². The minimum absolute atomic E-state index is 0. The van der Waals surface area contributed by atoms with Gasteiger partial charge in [0.05, 0.1) is 72.5 Å². The van der Waals surface area contributed by atoms with E-state index >= 15 is 0 Å². The monoisotopic (exact) mass is 716 g/mol. The van der Waals surface area contributed by atoms with Crippen LogP contribution < -0.4 is 81.4 Å².